The molecular weight excluding hydrogens is 372 g/mol. The van der Waals surface area contributed by atoms with Crippen molar-refractivity contribution >= 4 is 53.3 Å². The molecule has 1 aromatic heterocycles. The molecule has 2 aromatic rings. The van der Waals surface area contributed by atoms with Gasteiger partial charge in [-0.2, -0.15) is 0 Å². The van der Waals surface area contributed by atoms with Gasteiger partial charge in [0.05, 0.1) is 0 Å². The highest BCUT2D eigenvalue weighted by Crippen LogP contribution is 2.41. The summed E-state index contributed by atoms with van der Waals surface area (Å²) in [6, 6.07) is 6.45. The Morgan fingerprint density at radius 2 is 2.00 bits per heavy atom. The Labute approximate surface area is 130 Å². The van der Waals surface area contributed by atoms with Gasteiger partial charge in [0.15, 0.2) is 0 Å². The lowest BCUT2D eigenvalue weighted by Gasteiger charge is -2.20. The van der Waals surface area contributed by atoms with Crippen LogP contribution >= 0.6 is 43.2 Å². The second-order valence-electron chi connectivity index (χ2n) is 5.87. The van der Waals surface area contributed by atoms with Crippen molar-refractivity contribution in [2.45, 2.75) is 38.4 Å². The maximum Gasteiger partial charge on any atom is 0.0488 e. The molecule has 0 aliphatic heterocycles. The van der Waals surface area contributed by atoms with Crippen LogP contribution in [0.1, 0.15) is 44.0 Å². The van der Waals surface area contributed by atoms with Gasteiger partial charge in [-0.1, -0.05) is 48.8 Å². The Bertz CT molecular complexity index is 537. The Morgan fingerprint density at radius 3 is 2.67 bits per heavy atom. The van der Waals surface area contributed by atoms with Crippen molar-refractivity contribution in [3.8, 4) is 0 Å². The van der Waals surface area contributed by atoms with Crippen LogP contribution in [-0.4, -0.2) is 0 Å². The molecule has 1 aromatic carbocycles. The molecule has 2 rings (SSSR count). The number of thiophene rings is 1. The molecule has 0 spiro atoms. The molecule has 0 fully saturated rings. The topological polar surface area (TPSA) is 0 Å². The smallest absolute Gasteiger partial charge is 0.0488 e. The summed E-state index contributed by atoms with van der Waals surface area (Å²) < 4.78 is 2.56. The predicted octanol–water partition coefficient (Wildman–Crippen LogP) is 6.93. The molecule has 0 aliphatic carbocycles. The SMILES string of the molecule is CC(C)(C)CCC(Br)c1csc2c(Br)cccc12. The lowest BCUT2D eigenvalue weighted by Crippen LogP contribution is -2.05. The summed E-state index contributed by atoms with van der Waals surface area (Å²) in [5.41, 5.74) is 1.83. The summed E-state index contributed by atoms with van der Waals surface area (Å²) in [7, 11) is 0. The summed E-state index contributed by atoms with van der Waals surface area (Å²) in [6.07, 6.45) is 2.41. The van der Waals surface area contributed by atoms with Crippen LogP contribution in [0.5, 0.6) is 0 Å². The van der Waals surface area contributed by atoms with E-state index in [1.165, 1.54) is 33.0 Å². The Balaban J connectivity index is 2.23. The normalized spacial score (nSPS) is 14.1. The van der Waals surface area contributed by atoms with Crippen LogP contribution in [0.3, 0.4) is 0 Å². The lowest BCUT2D eigenvalue weighted by atomic mass is 9.89. The van der Waals surface area contributed by atoms with E-state index in [0.717, 1.165) is 0 Å². The zero-order valence-corrected chi connectivity index (χ0v) is 15.0. The zero-order chi connectivity index (χ0) is 13.3. The standard InChI is InChI=1S/C15H18Br2S/c1-15(2,3)8-7-12(16)11-9-18-14-10(11)5-4-6-13(14)17/h4-6,9,12H,7-8H2,1-3H3. The molecule has 0 saturated heterocycles. The van der Waals surface area contributed by atoms with Gasteiger partial charge >= 0.3 is 0 Å². The van der Waals surface area contributed by atoms with Crippen LogP contribution in [0.4, 0.5) is 0 Å². The van der Waals surface area contributed by atoms with Crippen LogP contribution < -0.4 is 0 Å². The van der Waals surface area contributed by atoms with E-state index in [-0.39, 0.29) is 0 Å². The van der Waals surface area contributed by atoms with Crippen LogP contribution in [0.2, 0.25) is 0 Å². The first-order valence-corrected chi connectivity index (χ1v) is 8.77. The molecule has 0 amide bonds. The number of benzene rings is 1. The Hall–Kier alpha value is 0.140. The van der Waals surface area contributed by atoms with Crippen molar-refractivity contribution in [1.29, 1.82) is 0 Å². The van der Waals surface area contributed by atoms with Crippen LogP contribution in [0.25, 0.3) is 10.1 Å². The summed E-state index contributed by atoms with van der Waals surface area (Å²) in [4.78, 5) is 0.458. The summed E-state index contributed by atoms with van der Waals surface area (Å²) in [6.45, 7) is 6.90. The van der Waals surface area contributed by atoms with Crippen molar-refractivity contribution in [2.75, 3.05) is 0 Å². The molecular formula is C15H18Br2S. The maximum absolute atomic E-state index is 3.85. The van der Waals surface area contributed by atoms with Crippen molar-refractivity contribution in [3.05, 3.63) is 33.6 Å². The lowest BCUT2D eigenvalue weighted by molar-refractivity contribution is 0.365. The first-order valence-electron chi connectivity index (χ1n) is 6.18. The maximum atomic E-state index is 3.85. The van der Waals surface area contributed by atoms with E-state index in [2.05, 4.69) is 76.2 Å². The predicted molar refractivity (Wildman–Crippen MR) is 89.9 cm³/mol. The van der Waals surface area contributed by atoms with Gasteiger partial charge in [0, 0.05) is 14.0 Å². The van der Waals surface area contributed by atoms with Crippen LogP contribution in [0.15, 0.2) is 28.1 Å². The van der Waals surface area contributed by atoms with Gasteiger partial charge < -0.3 is 0 Å². The number of rotatable bonds is 3. The molecule has 0 radical (unpaired) electrons. The largest absolute Gasteiger partial charge is 0.142 e. The molecule has 0 bridgehead atoms. The van der Waals surface area contributed by atoms with Crippen molar-refractivity contribution in [2.24, 2.45) is 5.41 Å². The number of alkyl halides is 1. The van der Waals surface area contributed by atoms with Gasteiger partial charge in [0.1, 0.15) is 0 Å². The molecule has 0 N–H and O–H groups in total. The van der Waals surface area contributed by atoms with E-state index in [0.29, 0.717) is 10.2 Å². The number of hydrogen-bond acceptors (Lipinski definition) is 1. The molecule has 0 saturated carbocycles. The highest BCUT2D eigenvalue weighted by molar-refractivity contribution is 9.10. The molecule has 98 valence electrons. The third-order valence-electron chi connectivity index (χ3n) is 3.07. The minimum Gasteiger partial charge on any atom is -0.142 e. The quantitative estimate of drug-likeness (QED) is 0.499. The zero-order valence-electron chi connectivity index (χ0n) is 11.0. The highest BCUT2D eigenvalue weighted by Gasteiger charge is 2.17. The number of hydrogen-bond donors (Lipinski definition) is 0. The van der Waals surface area contributed by atoms with E-state index in [1.807, 2.05) is 11.3 Å². The van der Waals surface area contributed by atoms with Crippen molar-refractivity contribution in [3.63, 3.8) is 0 Å². The van der Waals surface area contributed by atoms with E-state index >= 15 is 0 Å². The summed E-state index contributed by atoms with van der Waals surface area (Å²) >= 11 is 9.31. The second-order valence-corrected chi connectivity index (χ2v) is 8.71. The average molecular weight is 390 g/mol. The van der Waals surface area contributed by atoms with E-state index in [1.54, 1.807) is 0 Å². The average Bonchev–Trinajstić information content (AvgIpc) is 2.70. The molecule has 3 heteroatoms. The number of halogens is 2. The Morgan fingerprint density at radius 1 is 1.28 bits per heavy atom. The van der Waals surface area contributed by atoms with E-state index < -0.39 is 0 Å². The molecule has 0 aliphatic rings. The van der Waals surface area contributed by atoms with Crippen LogP contribution in [-0.2, 0) is 0 Å². The molecule has 1 atom stereocenters. The first kappa shape index (κ1) is 14.5. The van der Waals surface area contributed by atoms with E-state index in [4.69, 9.17) is 0 Å². The van der Waals surface area contributed by atoms with Gasteiger partial charge in [-0.3, -0.25) is 0 Å². The minimum atomic E-state index is 0.401. The third kappa shape index (κ3) is 3.37. The molecule has 1 unspecified atom stereocenters. The van der Waals surface area contributed by atoms with Gasteiger partial charge in [0.2, 0.25) is 0 Å². The molecule has 0 nitrogen and oxygen atoms in total. The van der Waals surface area contributed by atoms with Crippen molar-refractivity contribution < 1.29 is 0 Å². The van der Waals surface area contributed by atoms with Gasteiger partial charge in [-0.15, -0.1) is 11.3 Å². The van der Waals surface area contributed by atoms with Crippen LogP contribution in [0, 0.1) is 5.41 Å². The van der Waals surface area contributed by atoms with E-state index in [9.17, 15) is 0 Å². The summed E-state index contributed by atoms with van der Waals surface area (Å²) in [5, 5.41) is 3.67. The first-order chi connectivity index (χ1) is 8.38. The third-order valence-corrected chi connectivity index (χ3v) is 5.99. The van der Waals surface area contributed by atoms with Gasteiger partial charge in [0.25, 0.3) is 0 Å². The fourth-order valence-electron chi connectivity index (χ4n) is 2.00. The highest BCUT2D eigenvalue weighted by atomic mass is 79.9. The monoisotopic (exact) mass is 388 g/mol. The van der Waals surface area contributed by atoms with Gasteiger partial charge in [-0.05, 0) is 56.6 Å². The Kier molecular flexibility index (Phi) is 4.56. The van der Waals surface area contributed by atoms with Crippen molar-refractivity contribution in [1.82, 2.24) is 0 Å². The molecule has 18 heavy (non-hydrogen) atoms. The number of fused-ring (bicyclic) bond motifs is 1. The second kappa shape index (κ2) is 5.64. The fourth-order valence-corrected chi connectivity index (χ4v) is 4.46. The fraction of sp³-hybridized carbons (Fsp3) is 0.467. The van der Waals surface area contributed by atoms with Gasteiger partial charge in [-0.25, -0.2) is 0 Å². The minimum absolute atomic E-state index is 0.401. The molecule has 1 heterocycles. The summed E-state index contributed by atoms with van der Waals surface area (Å²) in [5.74, 6) is 0.